The Kier molecular flexibility index (Phi) is 8.59. The van der Waals surface area contributed by atoms with E-state index in [0.717, 1.165) is 26.2 Å². The molecule has 0 aromatic heterocycles. The normalized spacial score (nSPS) is 24.8. The van der Waals surface area contributed by atoms with Crippen LogP contribution in [-0.4, -0.2) is 64.1 Å². The molecule has 1 rings (SSSR count). The molecule has 1 N–H and O–H groups in total. The van der Waals surface area contributed by atoms with Crippen LogP contribution in [0.15, 0.2) is 0 Å². The number of hydrogen-bond acceptors (Lipinski definition) is 4. The van der Waals surface area contributed by atoms with Crippen LogP contribution < -0.4 is 5.32 Å². The van der Waals surface area contributed by atoms with Crippen molar-refractivity contribution in [3.8, 4) is 0 Å². The van der Waals surface area contributed by atoms with Crippen LogP contribution >= 0.6 is 0 Å². The summed E-state index contributed by atoms with van der Waals surface area (Å²) in [7, 11) is 3.55. The van der Waals surface area contributed by atoms with Gasteiger partial charge in [0.2, 0.25) is 0 Å². The molecular formula is C14H30N2O2. The molecule has 4 nitrogen and oxygen atoms in total. The molecule has 2 atom stereocenters. The summed E-state index contributed by atoms with van der Waals surface area (Å²) in [6.45, 7) is 7.73. The number of unbranched alkanes of at least 4 members (excludes halogenated alkanes) is 2. The van der Waals surface area contributed by atoms with Gasteiger partial charge in [-0.1, -0.05) is 13.3 Å². The maximum atomic E-state index is 5.44. The lowest BCUT2D eigenvalue weighted by molar-refractivity contribution is -0.00461. The van der Waals surface area contributed by atoms with Crippen LogP contribution in [-0.2, 0) is 9.47 Å². The van der Waals surface area contributed by atoms with Gasteiger partial charge in [0, 0.05) is 27.3 Å². The Hall–Kier alpha value is -0.160. The molecule has 0 spiro atoms. The van der Waals surface area contributed by atoms with Crippen LogP contribution in [0.4, 0.5) is 0 Å². The summed E-state index contributed by atoms with van der Waals surface area (Å²) in [6.07, 6.45) is 5.60. The third-order valence-corrected chi connectivity index (χ3v) is 3.65. The van der Waals surface area contributed by atoms with Crippen molar-refractivity contribution < 1.29 is 9.47 Å². The molecule has 1 aliphatic rings. The van der Waals surface area contributed by atoms with Crippen molar-refractivity contribution in [3.05, 3.63) is 0 Å². The van der Waals surface area contributed by atoms with E-state index in [0.29, 0.717) is 0 Å². The maximum Gasteiger partial charge on any atom is 0.0971 e. The van der Waals surface area contributed by atoms with Crippen molar-refractivity contribution in [3.63, 3.8) is 0 Å². The Morgan fingerprint density at radius 3 is 2.22 bits per heavy atom. The van der Waals surface area contributed by atoms with Crippen molar-refractivity contribution in [2.45, 2.75) is 44.8 Å². The van der Waals surface area contributed by atoms with E-state index in [1.54, 1.807) is 14.2 Å². The van der Waals surface area contributed by atoms with Crippen LogP contribution in [0.3, 0.4) is 0 Å². The number of methoxy groups -OCH3 is 2. The standard InChI is InChI=1S/C14H30N2O2/c1-4-8-15-9-6-5-7-10-16-11-13(17-2)14(12-16)18-3/h13-15H,4-12H2,1-3H3. The van der Waals surface area contributed by atoms with Crippen LogP contribution in [0, 0.1) is 0 Å². The molecule has 108 valence electrons. The number of likely N-dealkylation sites (tertiary alicyclic amines) is 1. The lowest BCUT2D eigenvalue weighted by Gasteiger charge is -2.14. The van der Waals surface area contributed by atoms with Gasteiger partial charge < -0.3 is 14.8 Å². The van der Waals surface area contributed by atoms with Gasteiger partial charge in [-0.15, -0.1) is 0 Å². The van der Waals surface area contributed by atoms with Gasteiger partial charge in [-0.3, -0.25) is 4.90 Å². The second-order valence-electron chi connectivity index (χ2n) is 5.12. The van der Waals surface area contributed by atoms with E-state index in [4.69, 9.17) is 9.47 Å². The molecule has 0 aliphatic carbocycles. The molecule has 1 aliphatic heterocycles. The highest BCUT2D eigenvalue weighted by atomic mass is 16.5. The fraction of sp³-hybridized carbons (Fsp3) is 1.00. The number of rotatable bonds is 10. The summed E-state index contributed by atoms with van der Waals surface area (Å²) in [5.41, 5.74) is 0. The SMILES string of the molecule is CCCNCCCCCN1CC(OC)C(OC)C1. The van der Waals surface area contributed by atoms with Gasteiger partial charge in [-0.25, -0.2) is 0 Å². The monoisotopic (exact) mass is 258 g/mol. The van der Waals surface area contributed by atoms with Crippen molar-refractivity contribution in [2.75, 3.05) is 46.9 Å². The predicted octanol–water partition coefficient (Wildman–Crippen LogP) is 1.50. The van der Waals surface area contributed by atoms with E-state index in [1.165, 1.54) is 32.2 Å². The van der Waals surface area contributed by atoms with E-state index in [-0.39, 0.29) is 12.2 Å². The molecule has 1 heterocycles. The molecule has 4 heteroatoms. The zero-order valence-electron chi connectivity index (χ0n) is 12.3. The number of nitrogens with one attached hydrogen (secondary N) is 1. The summed E-state index contributed by atoms with van der Waals surface area (Å²) in [4.78, 5) is 2.46. The first-order chi connectivity index (χ1) is 8.81. The Labute approximate surface area is 112 Å². The fourth-order valence-corrected chi connectivity index (χ4v) is 2.52. The molecule has 0 aromatic rings. The summed E-state index contributed by atoms with van der Waals surface area (Å²) in [6, 6.07) is 0. The third-order valence-electron chi connectivity index (χ3n) is 3.65. The molecule has 0 amide bonds. The van der Waals surface area contributed by atoms with Crippen LogP contribution in [0.1, 0.15) is 32.6 Å². The first-order valence-corrected chi connectivity index (χ1v) is 7.30. The van der Waals surface area contributed by atoms with Gasteiger partial charge in [0.05, 0.1) is 12.2 Å². The van der Waals surface area contributed by atoms with Crippen molar-refractivity contribution in [1.82, 2.24) is 10.2 Å². The topological polar surface area (TPSA) is 33.7 Å². The van der Waals surface area contributed by atoms with Gasteiger partial charge in [0.25, 0.3) is 0 Å². The van der Waals surface area contributed by atoms with Gasteiger partial charge in [-0.2, -0.15) is 0 Å². The summed E-state index contributed by atoms with van der Waals surface area (Å²) < 4.78 is 10.9. The van der Waals surface area contributed by atoms with E-state index in [1.807, 2.05) is 0 Å². The van der Waals surface area contributed by atoms with E-state index < -0.39 is 0 Å². The molecule has 0 bridgehead atoms. The minimum Gasteiger partial charge on any atom is -0.377 e. The average molecular weight is 258 g/mol. The van der Waals surface area contributed by atoms with Crippen molar-refractivity contribution >= 4 is 0 Å². The highest BCUT2D eigenvalue weighted by Gasteiger charge is 2.32. The predicted molar refractivity (Wildman–Crippen MR) is 75.0 cm³/mol. The fourth-order valence-electron chi connectivity index (χ4n) is 2.52. The first kappa shape index (κ1) is 15.9. The van der Waals surface area contributed by atoms with Crippen molar-refractivity contribution in [1.29, 1.82) is 0 Å². The zero-order valence-corrected chi connectivity index (χ0v) is 12.3. The minimum atomic E-state index is 0.251. The van der Waals surface area contributed by atoms with Gasteiger partial charge in [0.1, 0.15) is 0 Å². The molecule has 1 saturated heterocycles. The van der Waals surface area contributed by atoms with Crippen LogP contribution in [0.5, 0.6) is 0 Å². The first-order valence-electron chi connectivity index (χ1n) is 7.30. The zero-order chi connectivity index (χ0) is 13.2. The summed E-state index contributed by atoms with van der Waals surface area (Å²) in [5.74, 6) is 0. The van der Waals surface area contributed by atoms with Gasteiger partial charge in [-0.05, 0) is 38.9 Å². The number of nitrogens with zero attached hydrogens (tertiary/aromatic N) is 1. The Morgan fingerprint density at radius 1 is 1.00 bits per heavy atom. The van der Waals surface area contributed by atoms with E-state index in [2.05, 4.69) is 17.1 Å². The third kappa shape index (κ3) is 5.65. The number of hydrogen-bond donors (Lipinski definition) is 1. The lowest BCUT2D eigenvalue weighted by Crippen LogP contribution is -2.27. The van der Waals surface area contributed by atoms with Crippen LogP contribution in [0.2, 0.25) is 0 Å². The molecular weight excluding hydrogens is 228 g/mol. The molecule has 0 radical (unpaired) electrons. The van der Waals surface area contributed by atoms with Crippen LogP contribution in [0.25, 0.3) is 0 Å². The quantitative estimate of drug-likeness (QED) is 0.602. The Bertz CT molecular complexity index is 190. The summed E-state index contributed by atoms with van der Waals surface area (Å²) in [5, 5.41) is 3.44. The van der Waals surface area contributed by atoms with Crippen molar-refractivity contribution in [2.24, 2.45) is 0 Å². The van der Waals surface area contributed by atoms with Gasteiger partial charge >= 0.3 is 0 Å². The summed E-state index contributed by atoms with van der Waals surface area (Å²) >= 11 is 0. The average Bonchev–Trinajstić information content (AvgIpc) is 2.80. The molecule has 18 heavy (non-hydrogen) atoms. The smallest absolute Gasteiger partial charge is 0.0971 e. The highest BCUT2D eigenvalue weighted by molar-refractivity contribution is 4.85. The number of ether oxygens (including phenoxy) is 2. The van der Waals surface area contributed by atoms with E-state index >= 15 is 0 Å². The maximum absolute atomic E-state index is 5.44. The molecule has 0 saturated carbocycles. The second kappa shape index (κ2) is 9.73. The Morgan fingerprint density at radius 2 is 1.67 bits per heavy atom. The molecule has 0 aromatic carbocycles. The lowest BCUT2D eigenvalue weighted by atomic mass is 10.2. The van der Waals surface area contributed by atoms with Gasteiger partial charge in [0.15, 0.2) is 0 Å². The molecule has 2 unspecified atom stereocenters. The highest BCUT2D eigenvalue weighted by Crippen LogP contribution is 2.16. The largest absolute Gasteiger partial charge is 0.377 e. The van der Waals surface area contributed by atoms with E-state index in [9.17, 15) is 0 Å². The second-order valence-corrected chi connectivity index (χ2v) is 5.12. The Balaban J connectivity index is 2.00. The molecule has 1 fully saturated rings. The minimum absolute atomic E-state index is 0.251.